The number of halogens is 1. The van der Waals surface area contributed by atoms with Gasteiger partial charge in [-0.2, -0.15) is 0 Å². The van der Waals surface area contributed by atoms with Crippen LogP contribution in [-0.4, -0.2) is 9.93 Å². The highest BCUT2D eigenvalue weighted by atomic mass is 35.5. The van der Waals surface area contributed by atoms with E-state index in [0.29, 0.717) is 6.54 Å². The van der Waals surface area contributed by atoms with E-state index in [2.05, 4.69) is 5.32 Å². The standard InChI is InChI=1S/C11H11ClN2O/c1-14-7-8(6-13-11(12)15)9-4-2-3-5-10(9)14/h2-5,7H,6H2,1H3,(H,13,15). The fourth-order valence-corrected chi connectivity index (χ4v) is 1.80. The minimum absolute atomic E-state index is 0.462. The fourth-order valence-electron chi connectivity index (χ4n) is 1.73. The minimum atomic E-state index is -0.525. The molecule has 4 heteroatoms. The number of carbonyl (C=O) groups excluding carboxylic acids is 1. The second-order valence-electron chi connectivity index (χ2n) is 3.41. The van der Waals surface area contributed by atoms with Gasteiger partial charge >= 0.3 is 5.37 Å². The number of hydrogen-bond donors (Lipinski definition) is 1. The second-order valence-corrected chi connectivity index (χ2v) is 3.75. The summed E-state index contributed by atoms with van der Waals surface area (Å²) in [6.07, 6.45) is 2.00. The number of nitrogens with zero attached hydrogens (tertiary/aromatic N) is 1. The van der Waals surface area contributed by atoms with Crippen molar-refractivity contribution in [3.05, 3.63) is 36.0 Å². The van der Waals surface area contributed by atoms with Gasteiger partial charge in [-0.3, -0.25) is 4.79 Å². The molecule has 0 spiro atoms. The van der Waals surface area contributed by atoms with Gasteiger partial charge in [0, 0.05) is 30.7 Å². The summed E-state index contributed by atoms with van der Waals surface area (Å²) >= 11 is 5.23. The Morgan fingerprint density at radius 3 is 2.93 bits per heavy atom. The summed E-state index contributed by atoms with van der Waals surface area (Å²) in [6.45, 7) is 0.462. The third-order valence-electron chi connectivity index (χ3n) is 2.40. The molecule has 0 radical (unpaired) electrons. The van der Waals surface area contributed by atoms with Crippen molar-refractivity contribution in [3.8, 4) is 0 Å². The molecule has 78 valence electrons. The fraction of sp³-hybridized carbons (Fsp3) is 0.182. The molecule has 0 bridgehead atoms. The average molecular weight is 223 g/mol. The average Bonchev–Trinajstić information content (AvgIpc) is 2.54. The van der Waals surface area contributed by atoms with Gasteiger partial charge in [0.25, 0.3) is 0 Å². The summed E-state index contributed by atoms with van der Waals surface area (Å²) in [6, 6.07) is 8.05. The Hall–Kier alpha value is -1.48. The molecule has 0 saturated heterocycles. The van der Waals surface area contributed by atoms with E-state index in [-0.39, 0.29) is 0 Å². The number of aromatic nitrogens is 1. The second kappa shape index (κ2) is 3.95. The predicted octanol–water partition coefficient (Wildman–Crippen LogP) is 2.63. The van der Waals surface area contributed by atoms with Crippen molar-refractivity contribution in [2.45, 2.75) is 6.54 Å². The lowest BCUT2D eigenvalue weighted by Gasteiger charge is -1.98. The number of rotatable bonds is 2. The van der Waals surface area contributed by atoms with Gasteiger partial charge in [-0.15, -0.1) is 0 Å². The smallest absolute Gasteiger partial charge is 0.314 e. The maximum absolute atomic E-state index is 10.6. The van der Waals surface area contributed by atoms with Crippen LogP contribution in [0.15, 0.2) is 30.5 Å². The largest absolute Gasteiger partial charge is 0.350 e. The third-order valence-corrected chi connectivity index (χ3v) is 2.53. The van der Waals surface area contributed by atoms with E-state index < -0.39 is 5.37 Å². The van der Waals surface area contributed by atoms with Crippen molar-refractivity contribution < 1.29 is 4.79 Å². The molecule has 1 N–H and O–H groups in total. The van der Waals surface area contributed by atoms with Gasteiger partial charge in [-0.05, 0) is 23.2 Å². The zero-order chi connectivity index (χ0) is 10.8. The Kier molecular flexibility index (Phi) is 2.64. The van der Waals surface area contributed by atoms with Gasteiger partial charge in [0.15, 0.2) is 0 Å². The SMILES string of the molecule is Cn1cc(CNC(=O)Cl)c2ccccc21. The lowest BCUT2D eigenvalue weighted by atomic mass is 10.2. The molecule has 0 aliphatic heterocycles. The Labute approximate surface area is 92.6 Å². The van der Waals surface area contributed by atoms with Crippen molar-refractivity contribution >= 4 is 27.9 Å². The zero-order valence-electron chi connectivity index (χ0n) is 8.33. The van der Waals surface area contributed by atoms with Gasteiger partial charge < -0.3 is 9.88 Å². The van der Waals surface area contributed by atoms with E-state index in [0.717, 1.165) is 16.5 Å². The lowest BCUT2D eigenvalue weighted by molar-refractivity contribution is 0.259. The third kappa shape index (κ3) is 1.97. The minimum Gasteiger partial charge on any atom is -0.350 e. The normalized spacial score (nSPS) is 10.5. The van der Waals surface area contributed by atoms with Crippen LogP contribution in [0, 0.1) is 0 Å². The van der Waals surface area contributed by atoms with Crippen LogP contribution in [0.4, 0.5) is 4.79 Å². The lowest BCUT2D eigenvalue weighted by Crippen LogP contribution is -2.15. The number of nitrogens with one attached hydrogen (secondary N) is 1. The van der Waals surface area contributed by atoms with E-state index in [1.54, 1.807) is 0 Å². The van der Waals surface area contributed by atoms with Crippen LogP contribution in [0.2, 0.25) is 0 Å². The molecule has 0 fully saturated rings. The molecule has 3 nitrogen and oxygen atoms in total. The van der Waals surface area contributed by atoms with Crippen molar-refractivity contribution in [1.82, 2.24) is 9.88 Å². The van der Waals surface area contributed by atoms with Gasteiger partial charge in [0.05, 0.1) is 0 Å². The molecule has 2 rings (SSSR count). The summed E-state index contributed by atoms with van der Waals surface area (Å²) in [7, 11) is 1.98. The van der Waals surface area contributed by atoms with Crippen molar-refractivity contribution in [1.29, 1.82) is 0 Å². The van der Waals surface area contributed by atoms with Crippen molar-refractivity contribution in [2.24, 2.45) is 7.05 Å². The molecule has 1 aromatic carbocycles. The molecule has 2 aromatic rings. The highest BCUT2D eigenvalue weighted by Crippen LogP contribution is 2.19. The summed E-state index contributed by atoms with van der Waals surface area (Å²) in [5.41, 5.74) is 2.22. The number of aryl methyl sites for hydroxylation is 1. The molecular weight excluding hydrogens is 212 g/mol. The molecular formula is C11H11ClN2O. The van der Waals surface area contributed by atoms with Gasteiger partial charge in [-0.25, -0.2) is 0 Å². The highest BCUT2D eigenvalue weighted by molar-refractivity contribution is 6.62. The van der Waals surface area contributed by atoms with Gasteiger partial charge in [-0.1, -0.05) is 18.2 Å². The number of hydrogen-bond acceptors (Lipinski definition) is 1. The molecule has 0 atom stereocenters. The molecule has 1 amide bonds. The Morgan fingerprint density at radius 2 is 2.20 bits per heavy atom. The topological polar surface area (TPSA) is 34.0 Å². The summed E-state index contributed by atoms with van der Waals surface area (Å²) in [4.78, 5) is 10.6. The van der Waals surface area contributed by atoms with Crippen LogP contribution in [0.3, 0.4) is 0 Å². The van der Waals surface area contributed by atoms with E-state index in [1.165, 1.54) is 0 Å². The predicted molar refractivity (Wildman–Crippen MR) is 61.0 cm³/mol. The van der Waals surface area contributed by atoms with E-state index >= 15 is 0 Å². The highest BCUT2D eigenvalue weighted by Gasteiger charge is 2.05. The maximum atomic E-state index is 10.6. The first-order chi connectivity index (χ1) is 7.18. The molecule has 15 heavy (non-hydrogen) atoms. The number of para-hydroxylation sites is 1. The molecule has 1 heterocycles. The van der Waals surface area contributed by atoms with Crippen LogP contribution in [0.1, 0.15) is 5.56 Å². The van der Waals surface area contributed by atoms with E-state index in [1.807, 2.05) is 42.1 Å². The first-order valence-electron chi connectivity index (χ1n) is 4.65. The monoisotopic (exact) mass is 222 g/mol. The van der Waals surface area contributed by atoms with Crippen molar-refractivity contribution in [3.63, 3.8) is 0 Å². The Balaban J connectivity index is 2.39. The number of carbonyl (C=O) groups is 1. The molecule has 0 aliphatic carbocycles. The summed E-state index contributed by atoms with van der Waals surface area (Å²) in [5, 5.41) is 3.20. The summed E-state index contributed by atoms with van der Waals surface area (Å²) in [5.74, 6) is 0. The first-order valence-corrected chi connectivity index (χ1v) is 5.02. The Morgan fingerprint density at radius 1 is 1.47 bits per heavy atom. The van der Waals surface area contributed by atoms with Gasteiger partial charge in [0.2, 0.25) is 0 Å². The van der Waals surface area contributed by atoms with Crippen LogP contribution in [0.5, 0.6) is 0 Å². The maximum Gasteiger partial charge on any atom is 0.314 e. The summed E-state index contributed by atoms with van der Waals surface area (Å²) < 4.78 is 2.03. The zero-order valence-corrected chi connectivity index (χ0v) is 9.08. The quantitative estimate of drug-likeness (QED) is 0.615. The molecule has 1 aromatic heterocycles. The van der Waals surface area contributed by atoms with Crippen LogP contribution < -0.4 is 5.32 Å². The number of fused-ring (bicyclic) bond motifs is 1. The van der Waals surface area contributed by atoms with E-state index in [4.69, 9.17) is 11.6 Å². The van der Waals surface area contributed by atoms with Gasteiger partial charge in [0.1, 0.15) is 0 Å². The van der Waals surface area contributed by atoms with Crippen LogP contribution >= 0.6 is 11.6 Å². The molecule has 0 aliphatic rings. The van der Waals surface area contributed by atoms with Crippen molar-refractivity contribution in [2.75, 3.05) is 0 Å². The Bertz CT molecular complexity index is 504. The van der Waals surface area contributed by atoms with Crippen LogP contribution in [0.25, 0.3) is 10.9 Å². The number of benzene rings is 1. The van der Waals surface area contributed by atoms with Crippen LogP contribution in [-0.2, 0) is 13.6 Å². The first kappa shape index (κ1) is 10.1. The molecule has 0 unspecified atom stereocenters. The molecule has 0 saturated carbocycles. The number of amides is 1. The van der Waals surface area contributed by atoms with E-state index in [9.17, 15) is 4.79 Å².